The summed E-state index contributed by atoms with van der Waals surface area (Å²) >= 11 is 0. The number of para-hydroxylation sites is 1. The molecule has 0 saturated heterocycles. The van der Waals surface area contributed by atoms with Crippen molar-refractivity contribution >= 4 is 5.97 Å². The van der Waals surface area contributed by atoms with E-state index in [4.69, 9.17) is 14.6 Å². The van der Waals surface area contributed by atoms with Crippen molar-refractivity contribution in [2.75, 3.05) is 13.7 Å². The Hall–Kier alpha value is -1.85. The van der Waals surface area contributed by atoms with Crippen molar-refractivity contribution in [1.29, 1.82) is 0 Å². The lowest BCUT2D eigenvalue weighted by atomic mass is 9.82. The number of benzene rings is 1. The summed E-state index contributed by atoms with van der Waals surface area (Å²) in [6.07, 6.45) is -0.435. The third-order valence-corrected chi connectivity index (χ3v) is 3.07. The molecule has 0 radical (unpaired) electrons. The SMILES string of the molecule is COc1cccc(C(=O)O)c1OCC1CC(F)(F)C1. The minimum atomic E-state index is -2.61. The van der Waals surface area contributed by atoms with Gasteiger partial charge < -0.3 is 14.6 Å². The molecule has 19 heavy (non-hydrogen) atoms. The van der Waals surface area contributed by atoms with Crippen molar-refractivity contribution in [3.63, 3.8) is 0 Å². The number of methoxy groups -OCH3 is 1. The molecule has 4 nitrogen and oxygen atoms in total. The van der Waals surface area contributed by atoms with Crippen LogP contribution in [0.4, 0.5) is 8.78 Å². The summed E-state index contributed by atoms with van der Waals surface area (Å²) in [4.78, 5) is 11.1. The summed E-state index contributed by atoms with van der Waals surface area (Å²) < 4.78 is 35.8. The number of aromatic carboxylic acids is 1. The van der Waals surface area contributed by atoms with Gasteiger partial charge in [-0.25, -0.2) is 13.6 Å². The van der Waals surface area contributed by atoms with Crippen LogP contribution in [0.5, 0.6) is 11.5 Å². The molecule has 0 spiro atoms. The van der Waals surface area contributed by atoms with Crippen LogP contribution in [0.25, 0.3) is 0 Å². The van der Waals surface area contributed by atoms with Gasteiger partial charge >= 0.3 is 5.97 Å². The Morgan fingerprint density at radius 1 is 1.47 bits per heavy atom. The maximum absolute atomic E-state index is 12.7. The van der Waals surface area contributed by atoms with Crippen molar-refractivity contribution in [1.82, 2.24) is 0 Å². The molecule has 1 aromatic carbocycles. The third-order valence-electron chi connectivity index (χ3n) is 3.07. The zero-order valence-corrected chi connectivity index (χ0v) is 10.4. The molecule has 0 unspecified atom stereocenters. The van der Waals surface area contributed by atoms with E-state index in [1.807, 2.05) is 0 Å². The lowest BCUT2D eigenvalue weighted by Gasteiger charge is -2.34. The van der Waals surface area contributed by atoms with Crippen LogP contribution in [0.15, 0.2) is 18.2 Å². The molecule has 2 rings (SSSR count). The molecule has 1 aliphatic carbocycles. The summed E-state index contributed by atoms with van der Waals surface area (Å²) in [6.45, 7) is 0.0657. The fourth-order valence-electron chi connectivity index (χ4n) is 2.10. The molecule has 0 aliphatic heterocycles. The zero-order valence-electron chi connectivity index (χ0n) is 10.4. The topological polar surface area (TPSA) is 55.8 Å². The minimum absolute atomic E-state index is 0.0366. The number of hydrogen-bond acceptors (Lipinski definition) is 3. The van der Waals surface area contributed by atoms with Gasteiger partial charge in [0.15, 0.2) is 11.5 Å². The highest BCUT2D eigenvalue weighted by molar-refractivity contribution is 5.92. The van der Waals surface area contributed by atoms with Crippen LogP contribution in [-0.4, -0.2) is 30.7 Å². The number of rotatable bonds is 5. The second-order valence-corrected chi connectivity index (χ2v) is 4.58. The van der Waals surface area contributed by atoms with Gasteiger partial charge in [-0.3, -0.25) is 0 Å². The average molecular weight is 272 g/mol. The van der Waals surface area contributed by atoms with Crippen LogP contribution >= 0.6 is 0 Å². The Balaban J connectivity index is 2.08. The Morgan fingerprint density at radius 2 is 2.16 bits per heavy atom. The van der Waals surface area contributed by atoms with Crippen LogP contribution in [0.2, 0.25) is 0 Å². The minimum Gasteiger partial charge on any atom is -0.493 e. The van der Waals surface area contributed by atoms with Crippen molar-refractivity contribution < 1.29 is 28.2 Å². The smallest absolute Gasteiger partial charge is 0.339 e. The lowest BCUT2D eigenvalue weighted by molar-refractivity contribution is -0.119. The van der Waals surface area contributed by atoms with Gasteiger partial charge in [-0.1, -0.05) is 6.07 Å². The summed E-state index contributed by atoms with van der Waals surface area (Å²) in [6, 6.07) is 4.49. The van der Waals surface area contributed by atoms with Gasteiger partial charge in [-0.15, -0.1) is 0 Å². The standard InChI is InChI=1S/C13H14F2O4/c1-18-10-4-2-3-9(12(16)17)11(10)19-7-8-5-13(14,15)6-8/h2-4,8H,5-7H2,1H3,(H,16,17). The fourth-order valence-corrected chi connectivity index (χ4v) is 2.10. The second-order valence-electron chi connectivity index (χ2n) is 4.58. The maximum atomic E-state index is 12.7. The molecule has 0 heterocycles. The quantitative estimate of drug-likeness (QED) is 0.895. The molecule has 6 heteroatoms. The van der Waals surface area contributed by atoms with Gasteiger partial charge in [0.25, 0.3) is 0 Å². The predicted octanol–water partition coefficient (Wildman–Crippen LogP) is 2.82. The Bertz CT molecular complexity index is 480. The highest BCUT2D eigenvalue weighted by atomic mass is 19.3. The first kappa shape index (κ1) is 13.6. The van der Waals surface area contributed by atoms with Gasteiger partial charge in [0.05, 0.1) is 13.7 Å². The Kier molecular flexibility index (Phi) is 3.59. The monoisotopic (exact) mass is 272 g/mol. The van der Waals surface area contributed by atoms with Crippen LogP contribution < -0.4 is 9.47 Å². The average Bonchev–Trinajstić information content (AvgIpc) is 2.32. The molecular weight excluding hydrogens is 258 g/mol. The summed E-state index contributed by atoms with van der Waals surface area (Å²) in [5.41, 5.74) is -0.0366. The van der Waals surface area contributed by atoms with E-state index in [2.05, 4.69) is 0 Å². The first-order chi connectivity index (χ1) is 8.93. The summed E-state index contributed by atoms with van der Waals surface area (Å²) in [7, 11) is 1.39. The first-order valence-corrected chi connectivity index (χ1v) is 5.84. The van der Waals surface area contributed by atoms with E-state index >= 15 is 0 Å². The summed E-state index contributed by atoms with van der Waals surface area (Å²) in [5.74, 6) is -3.63. The highest BCUT2D eigenvalue weighted by Gasteiger charge is 2.45. The summed E-state index contributed by atoms with van der Waals surface area (Å²) in [5, 5.41) is 9.05. The molecule has 1 fully saturated rings. The van der Waals surface area contributed by atoms with E-state index in [-0.39, 0.29) is 42.4 Å². The number of ether oxygens (including phenoxy) is 2. The van der Waals surface area contributed by atoms with Crippen molar-refractivity contribution in [2.45, 2.75) is 18.8 Å². The van der Waals surface area contributed by atoms with E-state index in [1.165, 1.54) is 19.2 Å². The number of carbonyl (C=O) groups is 1. The van der Waals surface area contributed by atoms with Gasteiger partial charge in [-0.05, 0) is 12.1 Å². The van der Waals surface area contributed by atoms with Gasteiger partial charge in [-0.2, -0.15) is 0 Å². The molecule has 1 aromatic rings. The number of carboxylic acid groups (broad SMARTS) is 1. The number of carboxylic acids is 1. The van der Waals surface area contributed by atoms with Gasteiger partial charge in [0.2, 0.25) is 5.92 Å². The highest BCUT2D eigenvalue weighted by Crippen LogP contribution is 2.43. The Labute approximate surface area is 108 Å². The molecule has 1 aliphatic rings. The van der Waals surface area contributed by atoms with Crippen molar-refractivity contribution in [2.24, 2.45) is 5.92 Å². The maximum Gasteiger partial charge on any atom is 0.339 e. The molecule has 0 bridgehead atoms. The Morgan fingerprint density at radius 3 is 2.68 bits per heavy atom. The van der Waals surface area contributed by atoms with Crippen molar-refractivity contribution in [3.05, 3.63) is 23.8 Å². The normalized spacial score (nSPS) is 17.6. The van der Waals surface area contributed by atoms with E-state index in [9.17, 15) is 13.6 Å². The van der Waals surface area contributed by atoms with Gasteiger partial charge in [0, 0.05) is 18.8 Å². The van der Waals surface area contributed by atoms with Crippen molar-refractivity contribution in [3.8, 4) is 11.5 Å². The van der Waals surface area contributed by atoms with E-state index < -0.39 is 11.9 Å². The molecule has 0 amide bonds. The molecular formula is C13H14F2O4. The van der Waals surface area contributed by atoms with Crippen LogP contribution in [0, 0.1) is 5.92 Å². The second kappa shape index (κ2) is 5.03. The molecule has 1 saturated carbocycles. The van der Waals surface area contributed by atoms with Crippen LogP contribution in [0.3, 0.4) is 0 Å². The van der Waals surface area contributed by atoms with E-state index in [0.29, 0.717) is 0 Å². The fraction of sp³-hybridized carbons (Fsp3) is 0.462. The van der Waals surface area contributed by atoms with Crippen LogP contribution in [0.1, 0.15) is 23.2 Å². The van der Waals surface area contributed by atoms with E-state index in [0.717, 1.165) is 0 Å². The number of alkyl halides is 2. The lowest BCUT2D eigenvalue weighted by Crippen LogP contribution is -2.38. The molecule has 104 valence electrons. The van der Waals surface area contributed by atoms with E-state index in [1.54, 1.807) is 6.07 Å². The van der Waals surface area contributed by atoms with Gasteiger partial charge in [0.1, 0.15) is 5.56 Å². The molecule has 0 atom stereocenters. The number of halogens is 2. The zero-order chi connectivity index (χ0) is 14.0. The third kappa shape index (κ3) is 2.94. The molecule has 0 aromatic heterocycles. The number of hydrogen-bond donors (Lipinski definition) is 1. The largest absolute Gasteiger partial charge is 0.493 e. The van der Waals surface area contributed by atoms with Crippen LogP contribution in [-0.2, 0) is 0 Å². The predicted molar refractivity (Wildman–Crippen MR) is 63.1 cm³/mol. The first-order valence-electron chi connectivity index (χ1n) is 5.84. The molecule has 1 N–H and O–H groups in total.